The minimum Gasteiger partial charge on any atom is -0.459 e. The van der Waals surface area contributed by atoms with E-state index in [1.807, 2.05) is 48.6 Å². The topological polar surface area (TPSA) is 26.3 Å². The van der Waals surface area contributed by atoms with E-state index in [-0.39, 0.29) is 12.1 Å². The van der Waals surface area contributed by atoms with Crippen LogP contribution in [-0.2, 0) is 9.53 Å². The highest BCUT2D eigenvalue weighted by Crippen LogP contribution is 2.21. The van der Waals surface area contributed by atoms with Crippen LogP contribution in [0.1, 0.15) is 44.6 Å². The predicted molar refractivity (Wildman–Crippen MR) is 82.2 cm³/mol. The predicted octanol–water partition coefficient (Wildman–Crippen LogP) is 4.52. The van der Waals surface area contributed by atoms with Gasteiger partial charge >= 0.3 is 5.97 Å². The van der Waals surface area contributed by atoms with Gasteiger partial charge in [-0.3, -0.25) is 0 Å². The molecule has 2 nitrogen and oxygen atoms in total. The molecule has 0 N–H and O–H groups in total. The van der Waals surface area contributed by atoms with Crippen molar-refractivity contribution >= 4 is 12.0 Å². The van der Waals surface area contributed by atoms with Gasteiger partial charge in [0.15, 0.2) is 0 Å². The van der Waals surface area contributed by atoms with Crippen molar-refractivity contribution in [2.45, 2.75) is 45.1 Å². The molecule has 0 bridgehead atoms. The Bertz CT molecular complexity index is 479. The largest absolute Gasteiger partial charge is 0.459 e. The first-order valence-electron chi connectivity index (χ1n) is 7.37. The number of ether oxygens (including phenoxy) is 1. The lowest BCUT2D eigenvalue weighted by molar-refractivity contribution is -0.145. The van der Waals surface area contributed by atoms with E-state index in [0.717, 1.165) is 18.4 Å². The summed E-state index contributed by atoms with van der Waals surface area (Å²) in [7, 11) is 0. The standard InChI is InChI=1S/C18H22O2/c1-15(9-8-12-16-10-4-2-5-11-16)18(19)20-17-13-6-3-7-14-17/h2,4-5,8-12,17H,3,6-7,13-14H2,1H3. The van der Waals surface area contributed by atoms with Crippen LogP contribution in [-0.4, -0.2) is 12.1 Å². The highest BCUT2D eigenvalue weighted by atomic mass is 16.5. The quantitative estimate of drug-likeness (QED) is 0.457. The Hall–Kier alpha value is -1.83. The molecular weight excluding hydrogens is 248 g/mol. The van der Waals surface area contributed by atoms with Gasteiger partial charge < -0.3 is 4.74 Å². The smallest absolute Gasteiger partial charge is 0.333 e. The van der Waals surface area contributed by atoms with Crippen molar-refractivity contribution in [3.05, 3.63) is 53.6 Å². The molecule has 0 atom stereocenters. The number of benzene rings is 1. The van der Waals surface area contributed by atoms with Crippen molar-refractivity contribution in [1.82, 2.24) is 0 Å². The van der Waals surface area contributed by atoms with Gasteiger partial charge in [-0.25, -0.2) is 4.79 Å². The fourth-order valence-electron chi connectivity index (χ4n) is 2.36. The molecule has 0 aromatic heterocycles. The summed E-state index contributed by atoms with van der Waals surface area (Å²) in [5.41, 5.74) is 1.78. The lowest BCUT2D eigenvalue weighted by Crippen LogP contribution is -2.21. The van der Waals surface area contributed by atoms with E-state index in [1.54, 1.807) is 6.92 Å². The van der Waals surface area contributed by atoms with E-state index < -0.39 is 0 Å². The molecule has 1 fully saturated rings. The van der Waals surface area contributed by atoms with Gasteiger partial charge in [-0.15, -0.1) is 0 Å². The molecule has 20 heavy (non-hydrogen) atoms. The number of hydrogen-bond donors (Lipinski definition) is 0. The molecule has 0 aliphatic heterocycles. The molecule has 0 spiro atoms. The number of rotatable bonds is 4. The van der Waals surface area contributed by atoms with E-state index in [2.05, 4.69) is 0 Å². The fourth-order valence-corrected chi connectivity index (χ4v) is 2.36. The summed E-state index contributed by atoms with van der Waals surface area (Å²) < 4.78 is 5.51. The molecule has 0 saturated heterocycles. The van der Waals surface area contributed by atoms with Gasteiger partial charge in [-0.1, -0.05) is 55.0 Å². The second-order valence-corrected chi connectivity index (χ2v) is 5.28. The van der Waals surface area contributed by atoms with Crippen LogP contribution in [0.4, 0.5) is 0 Å². The van der Waals surface area contributed by atoms with Crippen LogP contribution < -0.4 is 0 Å². The summed E-state index contributed by atoms with van der Waals surface area (Å²) in [4.78, 5) is 11.9. The van der Waals surface area contributed by atoms with Crippen molar-refractivity contribution in [2.24, 2.45) is 0 Å². The van der Waals surface area contributed by atoms with E-state index in [4.69, 9.17) is 4.74 Å². The number of carbonyl (C=O) groups excluding carboxylic acids is 1. The highest BCUT2D eigenvalue weighted by Gasteiger charge is 2.17. The summed E-state index contributed by atoms with van der Waals surface area (Å²) in [6, 6.07) is 10.0. The van der Waals surface area contributed by atoms with E-state index in [1.165, 1.54) is 19.3 Å². The maximum Gasteiger partial charge on any atom is 0.333 e. The van der Waals surface area contributed by atoms with E-state index in [0.29, 0.717) is 5.57 Å². The molecule has 0 amide bonds. The zero-order chi connectivity index (χ0) is 14.2. The highest BCUT2D eigenvalue weighted by molar-refractivity contribution is 5.88. The Labute approximate surface area is 121 Å². The number of hydrogen-bond acceptors (Lipinski definition) is 2. The summed E-state index contributed by atoms with van der Waals surface area (Å²) in [6.45, 7) is 1.81. The van der Waals surface area contributed by atoms with E-state index >= 15 is 0 Å². The van der Waals surface area contributed by atoms with Gasteiger partial charge in [-0.05, 0) is 38.2 Å². The Morgan fingerprint density at radius 1 is 1.15 bits per heavy atom. The van der Waals surface area contributed by atoms with Crippen LogP contribution in [0.3, 0.4) is 0 Å². The lowest BCUT2D eigenvalue weighted by Gasteiger charge is -2.21. The average Bonchev–Trinajstić information content (AvgIpc) is 2.49. The second kappa shape index (κ2) is 7.68. The third kappa shape index (κ3) is 4.69. The van der Waals surface area contributed by atoms with Gasteiger partial charge in [0, 0.05) is 5.57 Å². The number of allylic oxidation sites excluding steroid dienone is 2. The first-order valence-corrected chi connectivity index (χ1v) is 7.37. The molecule has 106 valence electrons. The second-order valence-electron chi connectivity index (χ2n) is 5.28. The van der Waals surface area contributed by atoms with Crippen LogP contribution in [0.15, 0.2) is 48.1 Å². The van der Waals surface area contributed by atoms with Crippen molar-refractivity contribution in [1.29, 1.82) is 0 Å². The normalized spacial score (nSPS) is 17.4. The Morgan fingerprint density at radius 3 is 2.55 bits per heavy atom. The van der Waals surface area contributed by atoms with Crippen LogP contribution in [0.2, 0.25) is 0 Å². The Morgan fingerprint density at radius 2 is 1.85 bits per heavy atom. The minimum atomic E-state index is -0.186. The molecule has 1 aromatic rings. The van der Waals surface area contributed by atoms with Crippen LogP contribution in [0, 0.1) is 0 Å². The van der Waals surface area contributed by atoms with Gasteiger partial charge in [-0.2, -0.15) is 0 Å². The number of esters is 1. The molecule has 0 unspecified atom stereocenters. The van der Waals surface area contributed by atoms with Crippen LogP contribution in [0.5, 0.6) is 0 Å². The molecule has 1 aromatic carbocycles. The van der Waals surface area contributed by atoms with Crippen molar-refractivity contribution in [3.63, 3.8) is 0 Å². The van der Waals surface area contributed by atoms with Gasteiger partial charge in [0.05, 0.1) is 0 Å². The lowest BCUT2D eigenvalue weighted by atomic mass is 9.98. The SMILES string of the molecule is CC(=CC=Cc1ccccc1)C(=O)OC1CCCCC1. The molecule has 1 aliphatic carbocycles. The maximum atomic E-state index is 11.9. The first kappa shape index (κ1) is 14.6. The van der Waals surface area contributed by atoms with Gasteiger partial charge in [0.25, 0.3) is 0 Å². The van der Waals surface area contributed by atoms with Crippen molar-refractivity contribution in [2.75, 3.05) is 0 Å². The first-order chi connectivity index (χ1) is 9.75. The number of carbonyl (C=O) groups is 1. The zero-order valence-electron chi connectivity index (χ0n) is 12.0. The molecule has 0 radical (unpaired) electrons. The van der Waals surface area contributed by atoms with Gasteiger partial charge in [0.1, 0.15) is 6.10 Å². The molecule has 2 rings (SSSR count). The Balaban J connectivity index is 1.86. The summed E-state index contributed by atoms with van der Waals surface area (Å²) >= 11 is 0. The van der Waals surface area contributed by atoms with Gasteiger partial charge in [0.2, 0.25) is 0 Å². The monoisotopic (exact) mass is 270 g/mol. The molecule has 0 heterocycles. The summed E-state index contributed by atoms with van der Waals surface area (Å²) in [5, 5.41) is 0. The molecular formula is C18H22O2. The van der Waals surface area contributed by atoms with E-state index in [9.17, 15) is 4.79 Å². The molecule has 1 saturated carbocycles. The third-order valence-electron chi connectivity index (χ3n) is 3.58. The van der Waals surface area contributed by atoms with Crippen molar-refractivity contribution in [3.8, 4) is 0 Å². The van der Waals surface area contributed by atoms with Crippen molar-refractivity contribution < 1.29 is 9.53 Å². The Kier molecular flexibility index (Phi) is 5.60. The fraction of sp³-hybridized carbons (Fsp3) is 0.389. The van der Waals surface area contributed by atoms with Crippen LogP contribution in [0.25, 0.3) is 6.08 Å². The third-order valence-corrected chi connectivity index (χ3v) is 3.58. The molecule has 1 aliphatic rings. The van der Waals surface area contributed by atoms with Crippen LogP contribution >= 0.6 is 0 Å². The summed E-state index contributed by atoms with van der Waals surface area (Å²) in [6.07, 6.45) is 11.5. The maximum absolute atomic E-state index is 11.9. The molecule has 2 heteroatoms. The zero-order valence-corrected chi connectivity index (χ0v) is 12.0. The minimum absolute atomic E-state index is 0.123. The average molecular weight is 270 g/mol. The summed E-state index contributed by atoms with van der Waals surface area (Å²) in [5.74, 6) is -0.186.